The number of hydrogen-bond acceptors (Lipinski definition) is 4. The van der Waals surface area contributed by atoms with Crippen LogP contribution in [-0.2, 0) is 9.59 Å². The third-order valence-corrected chi connectivity index (χ3v) is 4.16. The number of benzene rings is 2. The molecule has 8 nitrogen and oxygen atoms in total. The van der Waals surface area contributed by atoms with Crippen molar-refractivity contribution in [2.75, 3.05) is 0 Å². The molecule has 7 N–H and O–H groups in total. The van der Waals surface area contributed by atoms with Crippen molar-refractivity contribution in [3.63, 3.8) is 0 Å². The molecule has 0 heterocycles. The van der Waals surface area contributed by atoms with Gasteiger partial charge in [0.05, 0.1) is 6.42 Å². The highest BCUT2D eigenvalue weighted by Gasteiger charge is 2.38. The van der Waals surface area contributed by atoms with Crippen LogP contribution in [0.25, 0.3) is 0 Å². The molecule has 2 aromatic rings. The van der Waals surface area contributed by atoms with Gasteiger partial charge in [-0.05, 0) is 43.0 Å². The van der Waals surface area contributed by atoms with Gasteiger partial charge in [-0.3, -0.25) is 15.0 Å². The van der Waals surface area contributed by atoms with Crippen LogP contribution >= 0.6 is 0 Å². The summed E-state index contributed by atoms with van der Waals surface area (Å²) >= 11 is 0. The Morgan fingerprint density at radius 3 is 1.88 bits per heavy atom. The van der Waals surface area contributed by atoms with Crippen LogP contribution in [0, 0.1) is 12.3 Å². The van der Waals surface area contributed by atoms with Crippen molar-refractivity contribution in [3.05, 3.63) is 70.8 Å². The molecule has 0 spiro atoms. The summed E-state index contributed by atoms with van der Waals surface area (Å²) < 4.78 is 31.7. The molecule has 0 aliphatic heterocycles. The van der Waals surface area contributed by atoms with E-state index in [4.69, 9.17) is 31.9 Å². The van der Waals surface area contributed by atoms with E-state index in [2.05, 4.69) is 0 Å². The predicted molar refractivity (Wildman–Crippen MR) is 116 cm³/mol. The first-order chi connectivity index (χ1) is 15.2. The number of primary amides is 1. The molecule has 1 amide bonds. The lowest BCUT2D eigenvalue weighted by Crippen LogP contribution is -2.21. The minimum atomic E-state index is -5.08. The Bertz CT molecular complexity index is 960. The Morgan fingerprint density at radius 2 is 1.52 bits per heavy atom. The van der Waals surface area contributed by atoms with Crippen molar-refractivity contribution < 1.29 is 37.8 Å². The van der Waals surface area contributed by atoms with E-state index in [9.17, 15) is 22.8 Å². The molecule has 1 unspecified atom stereocenters. The Hall–Kier alpha value is -3.89. The van der Waals surface area contributed by atoms with E-state index in [0.717, 1.165) is 17.5 Å². The van der Waals surface area contributed by atoms with Gasteiger partial charge in [0.15, 0.2) is 0 Å². The average molecular weight is 469 g/mol. The number of carboxylic acids is 2. The van der Waals surface area contributed by atoms with E-state index in [1.807, 2.05) is 32.0 Å². The van der Waals surface area contributed by atoms with E-state index in [0.29, 0.717) is 11.1 Å². The third-order valence-electron chi connectivity index (χ3n) is 4.16. The summed E-state index contributed by atoms with van der Waals surface area (Å²) in [5.41, 5.74) is 13.7. The van der Waals surface area contributed by atoms with Gasteiger partial charge < -0.3 is 21.7 Å². The smallest absolute Gasteiger partial charge is 0.481 e. The van der Waals surface area contributed by atoms with Crippen LogP contribution in [0.15, 0.2) is 48.5 Å². The molecule has 0 radical (unpaired) electrons. The zero-order valence-corrected chi connectivity index (χ0v) is 18.0. The minimum Gasteiger partial charge on any atom is -0.481 e. The van der Waals surface area contributed by atoms with Crippen LogP contribution in [0.5, 0.6) is 0 Å². The highest BCUT2D eigenvalue weighted by molar-refractivity contribution is 5.95. The maximum Gasteiger partial charge on any atom is 0.490 e. The van der Waals surface area contributed by atoms with Gasteiger partial charge in [-0.25, -0.2) is 4.79 Å². The number of alkyl halides is 3. The van der Waals surface area contributed by atoms with Crippen LogP contribution in [0.4, 0.5) is 13.2 Å². The molecule has 33 heavy (non-hydrogen) atoms. The molecule has 0 saturated carbocycles. The van der Waals surface area contributed by atoms with E-state index in [1.54, 1.807) is 30.3 Å². The van der Waals surface area contributed by atoms with Crippen molar-refractivity contribution in [1.82, 2.24) is 0 Å². The van der Waals surface area contributed by atoms with Gasteiger partial charge in [0.1, 0.15) is 5.84 Å². The minimum absolute atomic E-state index is 0.00651. The lowest BCUT2D eigenvalue weighted by Gasteiger charge is -2.13. The second kappa shape index (κ2) is 13.5. The van der Waals surface area contributed by atoms with Crippen LogP contribution in [-0.4, -0.2) is 40.1 Å². The number of nitrogens with two attached hydrogens (primary N) is 2. The molecule has 11 heteroatoms. The standard InChI is InChI=1S/C12H16N2O2.C8H9NO.C2HF3O2/c1-2-8(7-11(15)16)9-4-3-5-10(6-9)12(13)14;1-6-2-4-7(5-3-6)8(9)10;3-2(4,5)1(6)7/h3-6,8H,2,7H2,1H3,(H3,13,14)(H,15,16);2-5H,1H3,(H2,9,10);(H,6,7). The van der Waals surface area contributed by atoms with Gasteiger partial charge >= 0.3 is 18.1 Å². The Labute approximate surface area is 188 Å². The first kappa shape index (κ1) is 29.1. The second-order valence-electron chi connectivity index (χ2n) is 6.78. The van der Waals surface area contributed by atoms with Gasteiger partial charge in [-0.1, -0.05) is 42.8 Å². The largest absolute Gasteiger partial charge is 0.490 e. The van der Waals surface area contributed by atoms with E-state index >= 15 is 0 Å². The van der Waals surface area contributed by atoms with Crippen molar-refractivity contribution in [1.29, 1.82) is 5.41 Å². The molecule has 0 aliphatic rings. The third kappa shape index (κ3) is 11.9. The molecular formula is C22H26F3N3O5. The number of carbonyl (C=O) groups is 3. The van der Waals surface area contributed by atoms with Gasteiger partial charge in [0.25, 0.3) is 0 Å². The van der Waals surface area contributed by atoms with Crippen LogP contribution in [0.1, 0.15) is 52.7 Å². The SMILES string of the molecule is CCC(CC(=O)O)c1cccc(C(=N)N)c1.Cc1ccc(C(N)=O)cc1.O=C(O)C(F)(F)F. The Morgan fingerprint density at radius 1 is 1.00 bits per heavy atom. The maximum absolute atomic E-state index is 10.7. The number of carbonyl (C=O) groups excluding carboxylic acids is 1. The van der Waals surface area contributed by atoms with E-state index in [-0.39, 0.29) is 24.1 Å². The van der Waals surface area contributed by atoms with Gasteiger partial charge in [0.2, 0.25) is 5.91 Å². The molecule has 180 valence electrons. The van der Waals surface area contributed by atoms with Crippen molar-refractivity contribution in [3.8, 4) is 0 Å². The summed E-state index contributed by atoms with van der Waals surface area (Å²) in [5.74, 6) is -3.95. The number of rotatable bonds is 6. The number of amidine groups is 1. The number of carboxylic acid groups (broad SMARTS) is 2. The van der Waals surface area contributed by atoms with E-state index in [1.165, 1.54) is 0 Å². The van der Waals surface area contributed by atoms with Crippen molar-refractivity contribution >= 4 is 23.7 Å². The van der Waals surface area contributed by atoms with Gasteiger partial charge in [-0.15, -0.1) is 0 Å². The Balaban J connectivity index is 0.000000514. The molecule has 2 rings (SSSR count). The maximum atomic E-state index is 10.7. The summed E-state index contributed by atoms with van der Waals surface area (Å²) in [7, 11) is 0. The number of nitrogens with one attached hydrogen (secondary N) is 1. The monoisotopic (exact) mass is 469 g/mol. The lowest BCUT2D eigenvalue weighted by atomic mass is 9.92. The molecule has 0 aliphatic carbocycles. The van der Waals surface area contributed by atoms with Gasteiger partial charge in [-0.2, -0.15) is 13.2 Å². The quantitative estimate of drug-likeness (QED) is 0.319. The number of nitrogen functional groups attached to an aromatic ring is 1. The first-order valence-corrected chi connectivity index (χ1v) is 9.51. The van der Waals surface area contributed by atoms with Crippen molar-refractivity contribution in [2.24, 2.45) is 11.5 Å². The molecule has 2 aromatic carbocycles. The number of amides is 1. The molecule has 1 atom stereocenters. The summed E-state index contributed by atoms with van der Waals surface area (Å²) in [6.07, 6.45) is -4.22. The fourth-order valence-corrected chi connectivity index (χ4v) is 2.39. The van der Waals surface area contributed by atoms with Crippen LogP contribution < -0.4 is 11.5 Å². The fraction of sp³-hybridized carbons (Fsp3) is 0.273. The predicted octanol–water partition coefficient (Wildman–Crippen LogP) is 3.67. The number of aliphatic carboxylic acids is 2. The normalized spacial score (nSPS) is 11.1. The highest BCUT2D eigenvalue weighted by atomic mass is 19.4. The summed E-state index contributed by atoms with van der Waals surface area (Å²) in [6.45, 7) is 3.92. The zero-order chi connectivity index (χ0) is 25.8. The molecule has 0 saturated heterocycles. The molecular weight excluding hydrogens is 443 g/mol. The average Bonchev–Trinajstić information content (AvgIpc) is 2.72. The molecule has 0 aromatic heterocycles. The van der Waals surface area contributed by atoms with Crippen molar-refractivity contribution in [2.45, 2.75) is 38.8 Å². The summed E-state index contributed by atoms with van der Waals surface area (Å²) in [5, 5.41) is 23.2. The molecule has 0 bridgehead atoms. The number of hydrogen-bond donors (Lipinski definition) is 5. The van der Waals surface area contributed by atoms with Crippen LogP contribution in [0.3, 0.4) is 0 Å². The van der Waals surface area contributed by atoms with Crippen LogP contribution in [0.2, 0.25) is 0 Å². The van der Waals surface area contributed by atoms with Gasteiger partial charge in [0, 0.05) is 11.1 Å². The number of aryl methyl sites for hydroxylation is 1. The fourth-order valence-electron chi connectivity index (χ4n) is 2.39. The first-order valence-electron chi connectivity index (χ1n) is 9.51. The topological polar surface area (TPSA) is 168 Å². The molecule has 0 fully saturated rings. The zero-order valence-electron chi connectivity index (χ0n) is 18.0. The lowest BCUT2D eigenvalue weighted by molar-refractivity contribution is -0.192. The van der Waals surface area contributed by atoms with E-state index < -0.39 is 18.1 Å². The Kier molecular flexibility index (Phi) is 11.9. The summed E-state index contributed by atoms with van der Waals surface area (Å²) in [4.78, 5) is 30.1. The highest BCUT2D eigenvalue weighted by Crippen LogP contribution is 2.23. The second-order valence-corrected chi connectivity index (χ2v) is 6.78. The number of halogens is 3. The summed E-state index contributed by atoms with van der Waals surface area (Å²) in [6, 6.07) is 14.4.